The minimum absolute atomic E-state index is 0.129. The molecule has 1 aromatic rings. The molecule has 0 aliphatic carbocycles. The van der Waals surface area contributed by atoms with Gasteiger partial charge in [-0.2, -0.15) is 0 Å². The van der Waals surface area contributed by atoms with Gasteiger partial charge in [-0.3, -0.25) is 4.79 Å². The summed E-state index contributed by atoms with van der Waals surface area (Å²) in [5, 5.41) is 0. The van der Waals surface area contributed by atoms with Crippen LogP contribution in [0, 0.1) is 0 Å². The van der Waals surface area contributed by atoms with Crippen LogP contribution >= 0.6 is 15.9 Å². The first-order valence-corrected chi connectivity index (χ1v) is 7.27. The summed E-state index contributed by atoms with van der Waals surface area (Å²) < 4.78 is 6.25. The van der Waals surface area contributed by atoms with Crippen LogP contribution in [0.5, 0.6) is 5.75 Å². The Morgan fingerprint density at radius 2 is 2.37 bits per heavy atom. The lowest BCUT2D eigenvalue weighted by Crippen LogP contribution is -2.40. The number of nitrogens with zero attached hydrogens (tertiary/aromatic N) is 1. The van der Waals surface area contributed by atoms with Crippen molar-refractivity contribution in [3.05, 3.63) is 28.2 Å². The summed E-state index contributed by atoms with van der Waals surface area (Å²) in [6.45, 7) is 1.36. The molecule has 4 nitrogen and oxygen atoms in total. The van der Waals surface area contributed by atoms with Crippen LogP contribution in [0.25, 0.3) is 0 Å². The van der Waals surface area contributed by atoms with Crippen molar-refractivity contribution in [3.8, 4) is 5.75 Å². The Morgan fingerprint density at radius 1 is 1.58 bits per heavy atom. The first-order chi connectivity index (χ1) is 9.15. The van der Waals surface area contributed by atoms with E-state index in [0.29, 0.717) is 13.0 Å². The third-order valence-corrected chi connectivity index (χ3v) is 4.05. The number of nitrogens with two attached hydrogens (primary N) is 1. The van der Waals surface area contributed by atoms with Crippen molar-refractivity contribution in [2.24, 2.45) is 5.73 Å². The van der Waals surface area contributed by atoms with E-state index in [1.807, 2.05) is 23.1 Å². The quantitative estimate of drug-likeness (QED) is 0.920. The van der Waals surface area contributed by atoms with E-state index >= 15 is 0 Å². The first kappa shape index (κ1) is 14.3. The largest absolute Gasteiger partial charge is 0.496 e. The van der Waals surface area contributed by atoms with E-state index in [9.17, 15) is 4.79 Å². The zero-order chi connectivity index (χ0) is 13.8. The van der Waals surface area contributed by atoms with Crippen LogP contribution in [0.1, 0.15) is 18.4 Å². The highest BCUT2D eigenvalue weighted by Gasteiger charge is 2.27. The molecule has 1 saturated heterocycles. The van der Waals surface area contributed by atoms with Gasteiger partial charge in [-0.1, -0.05) is 15.9 Å². The molecule has 0 saturated carbocycles. The molecule has 2 N–H and O–H groups in total. The van der Waals surface area contributed by atoms with Gasteiger partial charge in [0.1, 0.15) is 5.75 Å². The van der Waals surface area contributed by atoms with Gasteiger partial charge >= 0.3 is 0 Å². The summed E-state index contributed by atoms with van der Waals surface area (Å²) >= 11 is 3.42. The number of hydrogen-bond acceptors (Lipinski definition) is 3. The van der Waals surface area contributed by atoms with Crippen molar-refractivity contribution in [1.82, 2.24) is 4.90 Å². The zero-order valence-corrected chi connectivity index (χ0v) is 12.6. The number of ether oxygens (including phenoxy) is 1. The van der Waals surface area contributed by atoms with E-state index in [1.165, 1.54) is 0 Å². The second-order valence-electron chi connectivity index (χ2n) is 4.75. The highest BCUT2D eigenvalue weighted by atomic mass is 79.9. The third kappa shape index (κ3) is 3.28. The summed E-state index contributed by atoms with van der Waals surface area (Å²) in [4.78, 5) is 14.3. The molecule has 1 heterocycles. The number of benzene rings is 1. The number of likely N-dealkylation sites (tertiary alicyclic amines) is 1. The minimum Gasteiger partial charge on any atom is -0.496 e. The van der Waals surface area contributed by atoms with Gasteiger partial charge in [0, 0.05) is 29.2 Å². The van der Waals surface area contributed by atoms with E-state index in [-0.39, 0.29) is 11.9 Å². The van der Waals surface area contributed by atoms with Gasteiger partial charge in [-0.25, -0.2) is 0 Å². The number of rotatable bonds is 4. The van der Waals surface area contributed by atoms with Gasteiger partial charge in [0.05, 0.1) is 13.5 Å². The number of hydrogen-bond donors (Lipinski definition) is 1. The predicted molar refractivity (Wildman–Crippen MR) is 78.2 cm³/mol. The van der Waals surface area contributed by atoms with Gasteiger partial charge in [-0.05, 0) is 31.0 Å². The number of halogens is 1. The Morgan fingerprint density at radius 3 is 3.05 bits per heavy atom. The van der Waals surface area contributed by atoms with E-state index < -0.39 is 0 Å². The van der Waals surface area contributed by atoms with Crippen molar-refractivity contribution >= 4 is 21.8 Å². The molecule has 1 atom stereocenters. The monoisotopic (exact) mass is 326 g/mol. The molecule has 1 amide bonds. The molecule has 0 bridgehead atoms. The summed E-state index contributed by atoms with van der Waals surface area (Å²) in [6, 6.07) is 5.91. The van der Waals surface area contributed by atoms with Crippen LogP contribution in [-0.2, 0) is 11.2 Å². The lowest BCUT2D eigenvalue weighted by atomic mass is 10.1. The average Bonchev–Trinajstić information content (AvgIpc) is 2.87. The Balaban J connectivity index is 2.12. The summed E-state index contributed by atoms with van der Waals surface area (Å²) in [6.07, 6.45) is 2.42. The maximum absolute atomic E-state index is 12.4. The summed E-state index contributed by atoms with van der Waals surface area (Å²) in [5.41, 5.74) is 6.62. The van der Waals surface area contributed by atoms with Crippen LogP contribution in [-0.4, -0.2) is 37.0 Å². The fourth-order valence-electron chi connectivity index (χ4n) is 2.56. The Kier molecular flexibility index (Phi) is 4.82. The first-order valence-electron chi connectivity index (χ1n) is 6.47. The highest BCUT2D eigenvalue weighted by Crippen LogP contribution is 2.25. The molecule has 0 spiro atoms. The van der Waals surface area contributed by atoms with Crippen LogP contribution in [0.2, 0.25) is 0 Å². The lowest BCUT2D eigenvalue weighted by molar-refractivity contribution is -0.131. The van der Waals surface area contributed by atoms with Gasteiger partial charge in [0.15, 0.2) is 0 Å². The van der Waals surface area contributed by atoms with Gasteiger partial charge in [-0.15, -0.1) is 0 Å². The second kappa shape index (κ2) is 6.39. The van der Waals surface area contributed by atoms with Gasteiger partial charge in [0.2, 0.25) is 5.91 Å². The number of carbonyl (C=O) groups excluding carboxylic acids is 1. The molecule has 104 valence electrons. The Hall–Kier alpha value is -1.07. The van der Waals surface area contributed by atoms with Crippen LogP contribution in [0.4, 0.5) is 0 Å². The molecule has 1 unspecified atom stereocenters. The highest BCUT2D eigenvalue weighted by molar-refractivity contribution is 9.10. The fraction of sp³-hybridized carbons (Fsp3) is 0.500. The van der Waals surface area contributed by atoms with Gasteiger partial charge in [0.25, 0.3) is 0 Å². The molecule has 1 fully saturated rings. The predicted octanol–water partition coefficient (Wildman–Crippen LogP) is 1.95. The molecule has 0 radical (unpaired) electrons. The molecular formula is C14H19BrN2O2. The fourth-order valence-corrected chi connectivity index (χ4v) is 2.97. The maximum atomic E-state index is 12.4. The van der Waals surface area contributed by atoms with E-state index in [0.717, 1.165) is 35.2 Å². The summed E-state index contributed by atoms with van der Waals surface area (Å²) in [7, 11) is 1.62. The molecule has 1 aromatic carbocycles. The van der Waals surface area contributed by atoms with Crippen molar-refractivity contribution in [2.75, 3.05) is 20.2 Å². The van der Waals surface area contributed by atoms with Crippen LogP contribution in [0.15, 0.2) is 22.7 Å². The van der Waals surface area contributed by atoms with Crippen molar-refractivity contribution in [2.45, 2.75) is 25.3 Å². The molecule has 2 rings (SSSR count). The summed E-state index contributed by atoms with van der Waals surface area (Å²) in [5.74, 6) is 0.879. The van der Waals surface area contributed by atoms with Crippen molar-refractivity contribution in [3.63, 3.8) is 0 Å². The standard InChI is InChI=1S/C14H19BrN2O2/c1-19-13-5-4-11(15)7-10(13)8-14(18)17-6-2-3-12(17)9-16/h4-5,7,12H,2-3,6,8-9,16H2,1H3. The van der Waals surface area contributed by atoms with Crippen LogP contribution in [0.3, 0.4) is 0 Å². The number of methoxy groups -OCH3 is 1. The Bertz CT molecular complexity index is 465. The van der Waals surface area contributed by atoms with Gasteiger partial charge < -0.3 is 15.4 Å². The van der Waals surface area contributed by atoms with Crippen molar-refractivity contribution in [1.29, 1.82) is 0 Å². The normalized spacial score (nSPS) is 18.7. The zero-order valence-electron chi connectivity index (χ0n) is 11.1. The van der Waals surface area contributed by atoms with E-state index in [4.69, 9.17) is 10.5 Å². The molecule has 1 aliphatic rings. The molecule has 5 heteroatoms. The molecule has 1 aliphatic heterocycles. The minimum atomic E-state index is 0.129. The second-order valence-corrected chi connectivity index (χ2v) is 5.67. The number of amides is 1. The smallest absolute Gasteiger partial charge is 0.227 e. The average molecular weight is 327 g/mol. The molecular weight excluding hydrogens is 308 g/mol. The number of carbonyl (C=O) groups is 1. The van der Waals surface area contributed by atoms with E-state index in [2.05, 4.69) is 15.9 Å². The topological polar surface area (TPSA) is 55.6 Å². The SMILES string of the molecule is COc1ccc(Br)cc1CC(=O)N1CCCC1CN. The maximum Gasteiger partial charge on any atom is 0.227 e. The lowest BCUT2D eigenvalue weighted by Gasteiger charge is -2.24. The third-order valence-electron chi connectivity index (χ3n) is 3.55. The molecule has 19 heavy (non-hydrogen) atoms. The van der Waals surface area contributed by atoms with E-state index in [1.54, 1.807) is 7.11 Å². The van der Waals surface area contributed by atoms with Crippen molar-refractivity contribution < 1.29 is 9.53 Å². The molecule has 0 aromatic heterocycles. The Labute approximate surface area is 122 Å². The van der Waals surface area contributed by atoms with Crippen LogP contribution < -0.4 is 10.5 Å².